The zero-order valence-corrected chi connectivity index (χ0v) is 21.9. The van der Waals surface area contributed by atoms with Gasteiger partial charge in [0.2, 0.25) is 0 Å². The first-order valence-electron chi connectivity index (χ1n) is 11.2. The summed E-state index contributed by atoms with van der Waals surface area (Å²) < 4.78 is 12.7. The van der Waals surface area contributed by atoms with Crippen LogP contribution < -0.4 is 4.74 Å². The molecule has 0 aliphatic carbocycles. The fraction of sp³-hybridized carbons (Fsp3) is 0.680. The predicted octanol–water partition coefficient (Wildman–Crippen LogP) is 9.01. The second kappa shape index (κ2) is 16.4. The normalized spacial score (nSPS) is 14.3. The van der Waals surface area contributed by atoms with Crippen LogP contribution in [-0.4, -0.2) is 13.2 Å². The monoisotopic (exact) mass is 530 g/mol. The molecule has 0 heterocycles. The van der Waals surface area contributed by atoms with Crippen molar-refractivity contribution in [1.29, 1.82) is 0 Å². The molecule has 0 aromatic heterocycles. The second-order valence-corrected chi connectivity index (χ2v) is 11.0. The summed E-state index contributed by atoms with van der Waals surface area (Å²) in [6.07, 6.45) is 14.5. The van der Waals surface area contributed by atoms with Gasteiger partial charge in [0, 0.05) is 5.92 Å². The topological polar surface area (TPSA) is 18.5 Å². The number of rotatable bonds is 16. The Bertz CT molecular complexity index is 552. The quantitative estimate of drug-likeness (QED) is 0.198. The van der Waals surface area contributed by atoms with Crippen LogP contribution in [0.1, 0.15) is 84.1 Å². The first-order valence-corrected chi connectivity index (χ1v) is 12.8. The number of unbranched alkanes of at least 4 members (excludes halogenated alkanes) is 7. The number of benzene rings is 1. The van der Waals surface area contributed by atoms with Gasteiger partial charge in [-0.15, -0.1) is 0 Å². The Labute approximate surface area is 196 Å². The highest BCUT2D eigenvalue weighted by Gasteiger charge is 2.23. The van der Waals surface area contributed by atoms with E-state index >= 15 is 0 Å². The third-order valence-electron chi connectivity index (χ3n) is 5.58. The molecule has 0 unspecified atom stereocenters. The summed E-state index contributed by atoms with van der Waals surface area (Å²) in [4.78, 5) is 0. The molecule has 1 aromatic rings. The van der Waals surface area contributed by atoms with Gasteiger partial charge in [-0.2, -0.15) is 0 Å². The Balaban J connectivity index is 2.49. The molecule has 2 nitrogen and oxygen atoms in total. The van der Waals surface area contributed by atoms with Crippen molar-refractivity contribution in [2.75, 3.05) is 7.11 Å². The Kier molecular flexibility index (Phi) is 15.1. The fourth-order valence-corrected chi connectivity index (χ4v) is 4.64. The van der Waals surface area contributed by atoms with Crippen LogP contribution in [0.2, 0.25) is 0 Å². The van der Waals surface area contributed by atoms with Crippen LogP contribution in [0.25, 0.3) is 0 Å². The summed E-state index contributed by atoms with van der Waals surface area (Å²) >= 11 is 7.02. The average molecular weight is 532 g/mol. The van der Waals surface area contributed by atoms with Crippen molar-refractivity contribution < 1.29 is 9.47 Å². The molecule has 1 aromatic carbocycles. The van der Waals surface area contributed by atoms with Crippen LogP contribution in [-0.2, 0) is 11.3 Å². The van der Waals surface area contributed by atoms with Gasteiger partial charge in [0.25, 0.3) is 0 Å². The molecule has 0 amide bonds. The smallest absolute Gasteiger partial charge is 0.118 e. The van der Waals surface area contributed by atoms with E-state index in [1.165, 1.54) is 63.4 Å². The molecule has 166 valence electrons. The Hall–Kier alpha value is -0.320. The van der Waals surface area contributed by atoms with E-state index in [2.05, 4.69) is 70.8 Å². The maximum absolute atomic E-state index is 6.42. The molecule has 0 radical (unpaired) electrons. The lowest BCUT2D eigenvalue weighted by molar-refractivity contribution is -0.0192. The van der Waals surface area contributed by atoms with Crippen LogP contribution in [0.5, 0.6) is 5.75 Å². The maximum atomic E-state index is 6.42. The third-order valence-corrected chi connectivity index (χ3v) is 6.11. The lowest BCUT2D eigenvalue weighted by atomic mass is 9.89. The van der Waals surface area contributed by atoms with E-state index in [4.69, 9.17) is 9.47 Å². The van der Waals surface area contributed by atoms with Gasteiger partial charge in [0.15, 0.2) is 0 Å². The molecule has 0 N–H and O–H groups in total. The van der Waals surface area contributed by atoms with Crippen molar-refractivity contribution in [2.24, 2.45) is 11.8 Å². The van der Waals surface area contributed by atoms with Crippen molar-refractivity contribution >= 4 is 31.9 Å². The number of methoxy groups -OCH3 is 1. The summed E-state index contributed by atoms with van der Waals surface area (Å²) in [6.45, 7) is 7.49. The van der Waals surface area contributed by atoms with Crippen LogP contribution in [0.15, 0.2) is 33.7 Å². The minimum Gasteiger partial charge on any atom is -0.497 e. The number of hydrogen-bond acceptors (Lipinski definition) is 2. The first-order chi connectivity index (χ1) is 14.0. The molecule has 3 atom stereocenters. The molecule has 0 aliphatic heterocycles. The molecule has 0 saturated carbocycles. The average Bonchev–Trinajstić information content (AvgIpc) is 2.70. The van der Waals surface area contributed by atoms with E-state index in [0.29, 0.717) is 18.4 Å². The Morgan fingerprint density at radius 2 is 1.52 bits per heavy atom. The molecule has 0 spiro atoms. The molecule has 0 aliphatic rings. The molecule has 0 bridgehead atoms. The van der Waals surface area contributed by atoms with E-state index in [-0.39, 0.29) is 6.10 Å². The Morgan fingerprint density at radius 1 is 0.931 bits per heavy atom. The zero-order chi connectivity index (χ0) is 21.5. The summed E-state index contributed by atoms with van der Waals surface area (Å²) in [5.74, 6) is 1.75. The van der Waals surface area contributed by atoms with Crippen LogP contribution in [0.4, 0.5) is 0 Å². The van der Waals surface area contributed by atoms with Gasteiger partial charge in [0.05, 0.1) is 23.2 Å². The van der Waals surface area contributed by atoms with Crippen molar-refractivity contribution in [1.82, 2.24) is 0 Å². The van der Waals surface area contributed by atoms with Gasteiger partial charge in [-0.25, -0.2) is 0 Å². The minimum atomic E-state index is 0.201. The molecular formula is C25H40Br2O2. The SMILES string of the molecule is CCCCCCCCCC[C@H](C)[C@@H](OCc1ccc(OC)cc1)[C@@H](C)C=C(Br)Br. The van der Waals surface area contributed by atoms with Gasteiger partial charge in [-0.3, -0.25) is 0 Å². The van der Waals surface area contributed by atoms with Gasteiger partial charge in [-0.05, 0) is 61.9 Å². The fourth-order valence-electron chi connectivity index (χ4n) is 3.81. The van der Waals surface area contributed by atoms with Gasteiger partial charge in [-0.1, -0.05) is 90.3 Å². The van der Waals surface area contributed by atoms with Crippen molar-refractivity contribution in [3.8, 4) is 5.75 Å². The zero-order valence-electron chi connectivity index (χ0n) is 18.8. The van der Waals surface area contributed by atoms with Gasteiger partial charge >= 0.3 is 0 Å². The number of ether oxygens (including phenoxy) is 2. The van der Waals surface area contributed by atoms with Crippen molar-refractivity contribution in [3.63, 3.8) is 0 Å². The largest absolute Gasteiger partial charge is 0.497 e. The van der Waals surface area contributed by atoms with Gasteiger partial charge < -0.3 is 9.47 Å². The molecule has 0 saturated heterocycles. The summed E-state index contributed by atoms with van der Waals surface area (Å²) in [5, 5.41) is 0. The lowest BCUT2D eigenvalue weighted by Crippen LogP contribution is -2.28. The van der Waals surface area contributed by atoms with E-state index < -0.39 is 0 Å². The third kappa shape index (κ3) is 12.2. The standard InChI is InChI=1S/C25H40Br2O2/c1-5-6-7-8-9-10-11-12-13-20(2)25(21(3)18-24(26)27)29-19-22-14-16-23(28-4)17-15-22/h14-18,20-21,25H,5-13,19H2,1-4H3/t20-,21-,25+/m0/s1. The second-order valence-electron chi connectivity index (χ2n) is 8.18. The Morgan fingerprint density at radius 3 is 2.07 bits per heavy atom. The van der Waals surface area contributed by atoms with E-state index in [1.54, 1.807) is 7.11 Å². The predicted molar refractivity (Wildman–Crippen MR) is 133 cm³/mol. The van der Waals surface area contributed by atoms with Crippen LogP contribution in [0, 0.1) is 11.8 Å². The summed E-state index contributed by atoms with van der Waals surface area (Å²) in [7, 11) is 1.70. The van der Waals surface area contributed by atoms with E-state index in [1.807, 2.05) is 12.1 Å². The highest BCUT2D eigenvalue weighted by molar-refractivity contribution is 9.28. The molecule has 0 fully saturated rings. The van der Waals surface area contributed by atoms with Crippen LogP contribution in [0.3, 0.4) is 0 Å². The molecule has 4 heteroatoms. The number of halogens is 2. The van der Waals surface area contributed by atoms with Crippen molar-refractivity contribution in [2.45, 2.75) is 91.3 Å². The number of hydrogen-bond donors (Lipinski definition) is 0. The highest BCUT2D eigenvalue weighted by atomic mass is 79.9. The maximum Gasteiger partial charge on any atom is 0.118 e. The first kappa shape index (κ1) is 26.7. The summed E-state index contributed by atoms with van der Waals surface area (Å²) in [5.41, 5.74) is 1.18. The molecule has 29 heavy (non-hydrogen) atoms. The lowest BCUT2D eigenvalue weighted by Gasteiger charge is -2.28. The molecule has 1 rings (SSSR count). The molecular weight excluding hydrogens is 492 g/mol. The van der Waals surface area contributed by atoms with E-state index in [9.17, 15) is 0 Å². The highest BCUT2D eigenvalue weighted by Crippen LogP contribution is 2.28. The van der Waals surface area contributed by atoms with Gasteiger partial charge in [0.1, 0.15) is 5.75 Å². The minimum absolute atomic E-state index is 0.201. The van der Waals surface area contributed by atoms with Crippen LogP contribution >= 0.6 is 31.9 Å². The van der Waals surface area contributed by atoms with E-state index in [0.717, 1.165) is 9.14 Å². The summed E-state index contributed by atoms with van der Waals surface area (Å²) in [6, 6.07) is 8.16. The van der Waals surface area contributed by atoms with Crippen molar-refractivity contribution in [3.05, 3.63) is 39.3 Å².